The minimum atomic E-state index is -0.568. The second-order valence-corrected chi connectivity index (χ2v) is 4.60. The Morgan fingerprint density at radius 2 is 2.28 bits per heavy atom. The third-order valence-corrected chi connectivity index (χ3v) is 3.22. The van der Waals surface area contributed by atoms with Crippen LogP contribution in [0.4, 0.5) is 4.39 Å². The zero-order valence-corrected chi connectivity index (χ0v) is 10.4. The summed E-state index contributed by atoms with van der Waals surface area (Å²) in [5, 5.41) is 0. The molecule has 2 rings (SSSR count). The minimum absolute atomic E-state index is 0.0829. The zero-order valence-electron chi connectivity index (χ0n) is 10.4. The number of hydrogen-bond donors (Lipinski definition) is 0. The Hall–Kier alpha value is -1.49. The lowest BCUT2D eigenvalue weighted by Crippen LogP contribution is -2.34. The van der Waals surface area contributed by atoms with Gasteiger partial charge in [0.05, 0.1) is 11.8 Å². The molecule has 1 aliphatic rings. The number of rotatable bonds is 3. The summed E-state index contributed by atoms with van der Waals surface area (Å²) in [6.07, 6.45) is 4.40. The third-order valence-electron chi connectivity index (χ3n) is 3.22. The summed E-state index contributed by atoms with van der Waals surface area (Å²) in [5.74, 6) is -0.416. The Morgan fingerprint density at radius 1 is 1.56 bits per heavy atom. The highest BCUT2D eigenvalue weighted by molar-refractivity contribution is 5.94. The van der Waals surface area contributed by atoms with Crippen LogP contribution >= 0.6 is 0 Å². The van der Waals surface area contributed by atoms with Crippen molar-refractivity contribution >= 4 is 5.91 Å². The normalized spacial score (nSPS) is 16.6. The monoisotopic (exact) mass is 252 g/mol. The number of halogens is 1. The van der Waals surface area contributed by atoms with Gasteiger partial charge < -0.3 is 9.64 Å². The molecule has 5 heteroatoms. The highest BCUT2D eigenvalue weighted by Gasteiger charge is 2.21. The SMILES string of the molecule is CN(CC1CCOCC1)C(=O)c1ccncc1F. The van der Waals surface area contributed by atoms with E-state index >= 15 is 0 Å². The first-order chi connectivity index (χ1) is 8.68. The number of carbonyl (C=O) groups is 1. The van der Waals surface area contributed by atoms with Gasteiger partial charge in [0.2, 0.25) is 0 Å². The van der Waals surface area contributed by atoms with E-state index in [2.05, 4.69) is 4.98 Å². The van der Waals surface area contributed by atoms with E-state index in [1.165, 1.54) is 12.3 Å². The van der Waals surface area contributed by atoms with E-state index in [4.69, 9.17) is 4.74 Å². The lowest BCUT2D eigenvalue weighted by molar-refractivity contribution is 0.0495. The quantitative estimate of drug-likeness (QED) is 0.822. The molecule has 98 valence electrons. The number of ether oxygens (including phenoxy) is 1. The second kappa shape index (κ2) is 5.91. The fourth-order valence-corrected chi connectivity index (χ4v) is 2.15. The number of nitrogens with zero attached hydrogens (tertiary/aromatic N) is 2. The van der Waals surface area contributed by atoms with Gasteiger partial charge in [-0.05, 0) is 24.8 Å². The Labute approximate surface area is 106 Å². The van der Waals surface area contributed by atoms with Crippen molar-refractivity contribution in [3.8, 4) is 0 Å². The van der Waals surface area contributed by atoms with Crippen LogP contribution in [0.25, 0.3) is 0 Å². The maximum atomic E-state index is 13.4. The molecular formula is C13H17FN2O2. The maximum Gasteiger partial charge on any atom is 0.256 e. The Morgan fingerprint density at radius 3 is 2.94 bits per heavy atom. The van der Waals surface area contributed by atoms with E-state index in [-0.39, 0.29) is 11.5 Å². The molecule has 18 heavy (non-hydrogen) atoms. The predicted molar refractivity (Wildman–Crippen MR) is 64.7 cm³/mol. The van der Waals surface area contributed by atoms with E-state index in [0.717, 1.165) is 32.3 Å². The highest BCUT2D eigenvalue weighted by atomic mass is 19.1. The van der Waals surface area contributed by atoms with E-state index in [0.29, 0.717) is 12.5 Å². The lowest BCUT2D eigenvalue weighted by Gasteiger charge is -2.27. The van der Waals surface area contributed by atoms with Crippen molar-refractivity contribution in [3.05, 3.63) is 29.8 Å². The highest BCUT2D eigenvalue weighted by Crippen LogP contribution is 2.17. The molecule has 0 atom stereocenters. The van der Waals surface area contributed by atoms with Crippen molar-refractivity contribution in [2.75, 3.05) is 26.8 Å². The predicted octanol–water partition coefficient (Wildman–Crippen LogP) is 1.72. The molecular weight excluding hydrogens is 235 g/mol. The van der Waals surface area contributed by atoms with Crippen molar-refractivity contribution < 1.29 is 13.9 Å². The fourth-order valence-electron chi connectivity index (χ4n) is 2.15. The van der Waals surface area contributed by atoms with Crippen LogP contribution in [0.3, 0.4) is 0 Å². The standard InChI is InChI=1S/C13H17FN2O2/c1-16(9-10-3-6-18-7-4-10)13(17)11-2-5-15-8-12(11)14/h2,5,8,10H,3-4,6-7,9H2,1H3. The summed E-state index contributed by atoms with van der Waals surface area (Å²) in [6.45, 7) is 2.14. The molecule has 0 radical (unpaired) electrons. The molecule has 0 saturated carbocycles. The number of amides is 1. The molecule has 4 nitrogen and oxygen atoms in total. The lowest BCUT2D eigenvalue weighted by atomic mass is 9.99. The van der Waals surface area contributed by atoms with Crippen LogP contribution in [-0.2, 0) is 4.74 Å². The molecule has 1 aromatic rings. The van der Waals surface area contributed by atoms with Crippen molar-refractivity contribution in [1.82, 2.24) is 9.88 Å². The van der Waals surface area contributed by atoms with Crippen molar-refractivity contribution in [1.29, 1.82) is 0 Å². The molecule has 0 unspecified atom stereocenters. The van der Waals surface area contributed by atoms with Crippen LogP contribution in [0.1, 0.15) is 23.2 Å². The summed E-state index contributed by atoms with van der Waals surface area (Å²) in [6, 6.07) is 1.41. The molecule has 0 aromatic carbocycles. The van der Waals surface area contributed by atoms with E-state index in [9.17, 15) is 9.18 Å². The van der Waals surface area contributed by atoms with E-state index in [1.807, 2.05) is 0 Å². The number of hydrogen-bond acceptors (Lipinski definition) is 3. The summed E-state index contributed by atoms with van der Waals surface area (Å²) in [4.78, 5) is 17.3. The Balaban J connectivity index is 1.98. The van der Waals surface area contributed by atoms with Gasteiger partial charge in [-0.25, -0.2) is 4.39 Å². The molecule has 1 aromatic heterocycles. The van der Waals surface area contributed by atoms with Crippen LogP contribution in [0.5, 0.6) is 0 Å². The molecule has 0 aliphatic carbocycles. The number of pyridine rings is 1. The fraction of sp³-hybridized carbons (Fsp3) is 0.538. The summed E-state index contributed by atoms with van der Waals surface area (Å²) in [7, 11) is 1.71. The first-order valence-corrected chi connectivity index (χ1v) is 6.11. The molecule has 1 aliphatic heterocycles. The summed E-state index contributed by atoms with van der Waals surface area (Å²) < 4.78 is 18.7. The first kappa shape index (κ1) is 13.0. The van der Waals surface area contributed by atoms with Crippen molar-refractivity contribution in [2.24, 2.45) is 5.92 Å². The zero-order chi connectivity index (χ0) is 13.0. The van der Waals surface area contributed by atoms with Gasteiger partial charge in [-0.1, -0.05) is 0 Å². The molecule has 0 N–H and O–H groups in total. The average Bonchev–Trinajstić information content (AvgIpc) is 2.39. The van der Waals surface area contributed by atoms with Crippen molar-refractivity contribution in [2.45, 2.75) is 12.8 Å². The molecule has 0 bridgehead atoms. The largest absolute Gasteiger partial charge is 0.381 e. The molecule has 1 saturated heterocycles. The molecule has 1 amide bonds. The number of carbonyl (C=O) groups excluding carboxylic acids is 1. The average molecular weight is 252 g/mol. The van der Waals surface area contributed by atoms with Gasteiger partial charge in [0.1, 0.15) is 0 Å². The topological polar surface area (TPSA) is 42.4 Å². The molecule has 2 heterocycles. The van der Waals surface area contributed by atoms with Crippen LogP contribution in [0.15, 0.2) is 18.5 Å². The van der Waals surface area contributed by atoms with Gasteiger partial charge in [0, 0.05) is 33.0 Å². The van der Waals surface area contributed by atoms with Crippen LogP contribution < -0.4 is 0 Å². The Bertz CT molecular complexity index is 419. The van der Waals surface area contributed by atoms with Gasteiger partial charge in [-0.2, -0.15) is 0 Å². The first-order valence-electron chi connectivity index (χ1n) is 6.11. The van der Waals surface area contributed by atoms with E-state index in [1.54, 1.807) is 11.9 Å². The van der Waals surface area contributed by atoms with Crippen molar-refractivity contribution in [3.63, 3.8) is 0 Å². The van der Waals surface area contributed by atoms with Gasteiger partial charge in [0.25, 0.3) is 5.91 Å². The van der Waals surface area contributed by atoms with Crippen LogP contribution in [0, 0.1) is 11.7 Å². The molecule has 1 fully saturated rings. The number of aromatic nitrogens is 1. The van der Waals surface area contributed by atoms with Gasteiger partial charge >= 0.3 is 0 Å². The maximum absolute atomic E-state index is 13.4. The summed E-state index contributed by atoms with van der Waals surface area (Å²) in [5.41, 5.74) is 0.0829. The van der Waals surface area contributed by atoms with Crippen LogP contribution in [0.2, 0.25) is 0 Å². The van der Waals surface area contributed by atoms with E-state index < -0.39 is 5.82 Å². The molecule has 0 spiro atoms. The van der Waals surface area contributed by atoms with Gasteiger partial charge in [-0.15, -0.1) is 0 Å². The van der Waals surface area contributed by atoms with Gasteiger partial charge in [0.15, 0.2) is 5.82 Å². The third kappa shape index (κ3) is 3.04. The van der Waals surface area contributed by atoms with Gasteiger partial charge in [-0.3, -0.25) is 9.78 Å². The Kier molecular flexibility index (Phi) is 4.25. The second-order valence-electron chi connectivity index (χ2n) is 4.60. The van der Waals surface area contributed by atoms with Crippen LogP contribution in [-0.4, -0.2) is 42.6 Å². The summed E-state index contributed by atoms with van der Waals surface area (Å²) >= 11 is 0. The smallest absolute Gasteiger partial charge is 0.256 e. The minimum Gasteiger partial charge on any atom is -0.381 e.